The van der Waals surface area contributed by atoms with Crippen LogP contribution in [0.1, 0.15) is 5.56 Å². The highest BCUT2D eigenvalue weighted by molar-refractivity contribution is 5.79. The topological polar surface area (TPSA) is 28.7 Å². The third kappa shape index (κ3) is 1.64. The summed E-state index contributed by atoms with van der Waals surface area (Å²) < 4.78 is 13.9. The van der Waals surface area contributed by atoms with E-state index in [0.29, 0.717) is 17.0 Å². The van der Waals surface area contributed by atoms with Crippen molar-refractivity contribution in [1.29, 1.82) is 0 Å². The fraction of sp³-hybridized carbons (Fsp3) is 0. The van der Waals surface area contributed by atoms with Crippen molar-refractivity contribution in [1.82, 2.24) is 9.97 Å². The van der Waals surface area contributed by atoms with Crippen LogP contribution in [-0.2, 0) is 0 Å². The number of terminal acetylenes is 1. The molecule has 2 nitrogen and oxygen atoms in total. The Balaban J connectivity index is 2.17. The van der Waals surface area contributed by atoms with Crippen LogP contribution in [-0.4, -0.2) is 9.97 Å². The van der Waals surface area contributed by atoms with E-state index < -0.39 is 0 Å². The first kappa shape index (κ1) is 10.5. The van der Waals surface area contributed by atoms with Gasteiger partial charge in [-0.3, -0.25) is 0 Å². The first-order valence-corrected chi connectivity index (χ1v) is 5.49. The third-order valence-electron chi connectivity index (χ3n) is 2.78. The quantitative estimate of drug-likeness (QED) is 0.645. The number of nitrogens with one attached hydrogen (secondary N) is 1. The molecule has 1 aromatic heterocycles. The minimum atomic E-state index is -0.371. The standard InChI is InChI=1S/C15H9FN2/c1-2-10-7-8-11(12(16)9-10)15-17-13-5-3-4-6-14(13)18-15/h1,3-9H,(H,17,18). The highest BCUT2D eigenvalue weighted by Crippen LogP contribution is 2.23. The highest BCUT2D eigenvalue weighted by atomic mass is 19.1. The zero-order valence-corrected chi connectivity index (χ0v) is 9.44. The molecular formula is C15H9FN2. The number of halogens is 1. The number of aromatic amines is 1. The zero-order valence-electron chi connectivity index (χ0n) is 9.44. The average Bonchev–Trinajstić information content (AvgIpc) is 2.81. The van der Waals surface area contributed by atoms with Crippen LogP contribution in [0.4, 0.5) is 4.39 Å². The van der Waals surface area contributed by atoms with Gasteiger partial charge in [0.15, 0.2) is 0 Å². The number of hydrogen-bond donors (Lipinski definition) is 1. The molecule has 1 N–H and O–H groups in total. The summed E-state index contributed by atoms with van der Waals surface area (Å²) in [5.74, 6) is 2.54. The number of nitrogens with zero attached hydrogens (tertiary/aromatic N) is 1. The van der Waals surface area contributed by atoms with Crippen molar-refractivity contribution >= 4 is 11.0 Å². The fourth-order valence-electron chi connectivity index (χ4n) is 1.88. The third-order valence-corrected chi connectivity index (χ3v) is 2.78. The molecule has 0 spiro atoms. The molecule has 2 aromatic carbocycles. The Bertz CT molecular complexity index is 733. The summed E-state index contributed by atoms with van der Waals surface area (Å²) in [4.78, 5) is 7.44. The molecule has 0 aliphatic rings. The number of imidazole rings is 1. The summed E-state index contributed by atoms with van der Waals surface area (Å²) in [6.07, 6.45) is 5.23. The summed E-state index contributed by atoms with van der Waals surface area (Å²) in [7, 11) is 0. The van der Waals surface area contributed by atoms with E-state index in [2.05, 4.69) is 15.9 Å². The highest BCUT2D eigenvalue weighted by Gasteiger charge is 2.09. The maximum atomic E-state index is 13.9. The van der Waals surface area contributed by atoms with Crippen molar-refractivity contribution in [2.75, 3.05) is 0 Å². The number of aromatic nitrogens is 2. The minimum absolute atomic E-state index is 0.371. The van der Waals surface area contributed by atoms with E-state index in [9.17, 15) is 4.39 Å². The molecule has 0 aliphatic carbocycles. The smallest absolute Gasteiger partial charge is 0.141 e. The van der Waals surface area contributed by atoms with Crippen LogP contribution in [0.5, 0.6) is 0 Å². The maximum absolute atomic E-state index is 13.9. The minimum Gasteiger partial charge on any atom is -0.338 e. The lowest BCUT2D eigenvalue weighted by atomic mass is 10.1. The van der Waals surface area contributed by atoms with Crippen LogP contribution >= 0.6 is 0 Å². The average molecular weight is 236 g/mol. The molecule has 0 saturated carbocycles. The van der Waals surface area contributed by atoms with Crippen molar-refractivity contribution in [3.05, 3.63) is 53.8 Å². The van der Waals surface area contributed by atoms with Gasteiger partial charge in [-0.1, -0.05) is 18.1 Å². The molecule has 0 unspecified atom stereocenters. The lowest BCUT2D eigenvalue weighted by Crippen LogP contribution is -1.87. The van der Waals surface area contributed by atoms with Gasteiger partial charge < -0.3 is 4.98 Å². The van der Waals surface area contributed by atoms with E-state index in [1.807, 2.05) is 24.3 Å². The fourth-order valence-corrected chi connectivity index (χ4v) is 1.88. The largest absolute Gasteiger partial charge is 0.338 e. The van der Waals surface area contributed by atoms with Gasteiger partial charge in [0.1, 0.15) is 11.6 Å². The molecule has 3 heteroatoms. The maximum Gasteiger partial charge on any atom is 0.141 e. The SMILES string of the molecule is C#Cc1ccc(-c2nc3ccccc3[nH]2)c(F)c1. The molecule has 0 atom stereocenters. The van der Waals surface area contributed by atoms with Crippen molar-refractivity contribution in [3.8, 4) is 23.7 Å². The van der Waals surface area contributed by atoms with Crippen molar-refractivity contribution in [2.45, 2.75) is 0 Å². The molecule has 86 valence electrons. The summed E-state index contributed by atoms with van der Waals surface area (Å²) in [5, 5.41) is 0. The molecule has 0 radical (unpaired) electrons. The Labute approximate surface area is 103 Å². The zero-order chi connectivity index (χ0) is 12.5. The monoisotopic (exact) mass is 236 g/mol. The number of para-hydroxylation sites is 2. The number of rotatable bonds is 1. The van der Waals surface area contributed by atoms with Crippen LogP contribution in [0.15, 0.2) is 42.5 Å². The normalized spacial score (nSPS) is 10.4. The Hall–Kier alpha value is -2.60. The molecule has 18 heavy (non-hydrogen) atoms. The second kappa shape index (κ2) is 4.01. The summed E-state index contributed by atoms with van der Waals surface area (Å²) >= 11 is 0. The van der Waals surface area contributed by atoms with Gasteiger partial charge in [0, 0.05) is 5.56 Å². The van der Waals surface area contributed by atoms with Gasteiger partial charge in [-0.2, -0.15) is 0 Å². The van der Waals surface area contributed by atoms with E-state index in [1.54, 1.807) is 12.1 Å². The van der Waals surface area contributed by atoms with Crippen molar-refractivity contribution in [2.24, 2.45) is 0 Å². The molecule has 0 amide bonds. The van der Waals surface area contributed by atoms with E-state index in [-0.39, 0.29) is 5.82 Å². The van der Waals surface area contributed by atoms with Crippen LogP contribution in [0.3, 0.4) is 0 Å². The van der Waals surface area contributed by atoms with Gasteiger partial charge >= 0.3 is 0 Å². The lowest BCUT2D eigenvalue weighted by Gasteiger charge is -1.99. The molecule has 1 heterocycles. The van der Waals surface area contributed by atoms with E-state index in [1.165, 1.54) is 6.07 Å². The second-order valence-electron chi connectivity index (χ2n) is 3.94. The molecule has 3 rings (SSSR count). The molecule has 3 aromatic rings. The molecular weight excluding hydrogens is 227 g/mol. The second-order valence-corrected chi connectivity index (χ2v) is 3.94. The van der Waals surface area contributed by atoms with Gasteiger partial charge in [0.2, 0.25) is 0 Å². The van der Waals surface area contributed by atoms with E-state index >= 15 is 0 Å². The number of hydrogen-bond acceptors (Lipinski definition) is 1. The molecule has 0 fully saturated rings. The Morgan fingerprint density at radius 2 is 2.00 bits per heavy atom. The van der Waals surface area contributed by atoms with E-state index in [4.69, 9.17) is 6.42 Å². The lowest BCUT2D eigenvalue weighted by molar-refractivity contribution is 0.630. The summed E-state index contributed by atoms with van der Waals surface area (Å²) in [6.45, 7) is 0. The van der Waals surface area contributed by atoms with Crippen molar-refractivity contribution in [3.63, 3.8) is 0 Å². The predicted octanol–water partition coefficient (Wildman–Crippen LogP) is 3.35. The summed E-state index contributed by atoms with van der Waals surface area (Å²) in [5.41, 5.74) is 2.64. The first-order chi connectivity index (χ1) is 8.78. The number of fused-ring (bicyclic) bond motifs is 1. The first-order valence-electron chi connectivity index (χ1n) is 5.49. The van der Waals surface area contributed by atoms with Crippen LogP contribution in [0.2, 0.25) is 0 Å². The van der Waals surface area contributed by atoms with Gasteiger partial charge in [0.25, 0.3) is 0 Å². The van der Waals surface area contributed by atoms with Gasteiger partial charge in [-0.15, -0.1) is 6.42 Å². The Kier molecular flexibility index (Phi) is 2.35. The Morgan fingerprint density at radius 1 is 1.17 bits per heavy atom. The van der Waals surface area contributed by atoms with E-state index in [0.717, 1.165) is 11.0 Å². The molecule has 0 saturated heterocycles. The van der Waals surface area contributed by atoms with Gasteiger partial charge in [-0.25, -0.2) is 9.37 Å². The predicted molar refractivity (Wildman–Crippen MR) is 69.4 cm³/mol. The van der Waals surface area contributed by atoms with Crippen LogP contribution in [0, 0.1) is 18.2 Å². The summed E-state index contributed by atoms with van der Waals surface area (Å²) in [6, 6.07) is 12.3. The van der Waals surface area contributed by atoms with Crippen LogP contribution < -0.4 is 0 Å². The van der Waals surface area contributed by atoms with Crippen LogP contribution in [0.25, 0.3) is 22.4 Å². The molecule has 0 bridgehead atoms. The number of H-pyrrole nitrogens is 1. The van der Waals surface area contributed by atoms with Gasteiger partial charge in [0.05, 0.1) is 16.6 Å². The molecule has 0 aliphatic heterocycles. The van der Waals surface area contributed by atoms with Gasteiger partial charge in [-0.05, 0) is 30.3 Å². The van der Waals surface area contributed by atoms with Crippen molar-refractivity contribution < 1.29 is 4.39 Å². The Morgan fingerprint density at radius 3 is 2.72 bits per heavy atom. The number of benzene rings is 2.